The molecule has 0 aliphatic rings. The summed E-state index contributed by atoms with van der Waals surface area (Å²) in [5.41, 5.74) is -3.88. The van der Waals surface area contributed by atoms with Crippen LogP contribution in [0.4, 0.5) is 18.9 Å². The summed E-state index contributed by atoms with van der Waals surface area (Å²) in [4.78, 5) is 21.2. The summed E-state index contributed by atoms with van der Waals surface area (Å²) in [6, 6.07) is 2.50. The molecule has 0 fully saturated rings. The first-order chi connectivity index (χ1) is 9.25. The van der Waals surface area contributed by atoms with Crippen molar-refractivity contribution in [1.82, 2.24) is 0 Å². The number of benzene rings is 1. The molecule has 0 saturated carbocycles. The van der Waals surface area contributed by atoms with Gasteiger partial charge in [0.25, 0.3) is 0 Å². The Morgan fingerprint density at radius 1 is 1.35 bits per heavy atom. The minimum absolute atomic E-state index is 0.231. The first-order valence-electron chi connectivity index (χ1n) is 5.12. The minimum Gasteiger partial charge on any atom is -0.490 e. The minimum atomic E-state index is -4.93. The third kappa shape index (κ3) is 2.17. The van der Waals surface area contributed by atoms with E-state index in [0.29, 0.717) is 6.07 Å². The predicted molar refractivity (Wildman–Crippen MR) is 60.7 cm³/mol. The van der Waals surface area contributed by atoms with Gasteiger partial charge in [-0.15, -0.1) is 0 Å². The van der Waals surface area contributed by atoms with Crippen molar-refractivity contribution in [2.24, 2.45) is 0 Å². The predicted octanol–water partition coefficient (Wildman–Crippen LogP) is 2.73. The lowest BCUT2D eigenvalue weighted by Gasteiger charge is -2.08. The maximum absolute atomic E-state index is 12.6. The van der Waals surface area contributed by atoms with Crippen LogP contribution in [0.3, 0.4) is 0 Å². The Morgan fingerprint density at radius 2 is 2.00 bits per heavy atom. The molecule has 20 heavy (non-hydrogen) atoms. The molecule has 1 aromatic heterocycles. The van der Waals surface area contributed by atoms with Crippen molar-refractivity contribution in [3.63, 3.8) is 0 Å². The van der Waals surface area contributed by atoms with Crippen LogP contribution in [-0.4, -0.2) is 12.0 Å². The number of nitrogens with zero attached hydrogens (tertiary/aromatic N) is 1. The molecule has 2 rings (SSSR count). The molecule has 0 aliphatic heterocycles. The summed E-state index contributed by atoms with van der Waals surface area (Å²) >= 11 is 0. The van der Waals surface area contributed by atoms with Gasteiger partial charge in [0, 0.05) is 6.07 Å². The molecule has 1 aromatic carbocycles. The fraction of sp³-hybridized carbons (Fsp3) is 0.182. The zero-order chi connectivity index (χ0) is 15.1. The summed E-state index contributed by atoms with van der Waals surface area (Å²) in [6.45, 7) is 0. The van der Waals surface area contributed by atoms with Crippen LogP contribution in [0.2, 0.25) is 0 Å². The molecule has 1 heterocycles. The molecule has 6 nitrogen and oxygen atoms in total. The lowest BCUT2D eigenvalue weighted by Crippen LogP contribution is -2.18. The number of hydrogen-bond donors (Lipinski definition) is 0. The number of methoxy groups -OCH3 is 1. The van der Waals surface area contributed by atoms with E-state index in [1.807, 2.05) is 0 Å². The van der Waals surface area contributed by atoms with Crippen LogP contribution < -0.4 is 10.4 Å². The van der Waals surface area contributed by atoms with Gasteiger partial charge in [-0.2, -0.15) is 13.2 Å². The Hall–Kier alpha value is -2.58. The smallest absolute Gasteiger partial charge is 0.423 e. The van der Waals surface area contributed by atoms with Gasteiger partial charge in [0.15, 0.2) is 0 Å². The van der Waals surface area contributed by atoms with E-state index < -0.39 is 33.7 Å². The topological polar surface area (TPSA) is 82.6 Å². The highest BCUT2D eigenvalue weighted by atomic mass is 19.4. The largest absolute Gasteiger partial charge is 0.490 e. The Morgan fingerprint density at radius 3 is 2.50 bits per heavy atom. The second-order valence-corrected chi connectivity index (χ2v) is 3.73. The number of rotatable bonds is 2. The average Bonchev–Trinajstić information content (AvgIpc) is 2.34. The number of fused-ring (bicyclic) bond motifs is 1. The van der Waals surface area contributed by atoms with Gasteiger partial charge in [0.05, 0.1) is 17.4 Å². The Labute approximate surface area is 108 Å². The molecule has 0 bridgehead atoms. The van der Waals surface area contributed by atoms with Crippen LogP contribution in [0.25, 0.3) is 11.0 Å². The van der Waals surface area contributed by atoms with Crippen molar-refractivity contribution < 1.29 is 27.2 Å². The molecule has 9 heteroatoms. The number of nitro groups is 1. The van der Waals surface area contributed by atoms with E-state index in [0.717, 1.165) is 19.2 Å². The number of ether oxygens (including phenoxy) is 1. The normalized spacial score (nSPS) is 11.6. The molecule has 2 aromatic rings. The van der Waals surface area contributed by atoms with Gasteiger partial charge >= 0.3 is 17.5 Å². The van der Waals surface area contributed by atoms with Crippen molar-refractivity contribution in [3.05, 3.63) is 44.3 Å². The molecule has 0 saturated heterocycles. The second kappa shape index (κ2) is 4.51. The lowest BCUT2D eigenvalue weighted by molar-refractivity contribution is -0.385. The van der Waals surface area contributed by atoms with Gasteiger partial charge in [-0.25, -0.2) is 4.79 Å². The summed E-state index contributed by atoms with van der Waals surface area (Å²) in [5.74, 6) is -0.401. The summed E-state index contributed by atoms with van der Waals surface area (Å²) in [5, 5.41) is 10.5. The van der Waals surface area contributed by atoms with E-state index in [1.165, 1.54) is 0 Å². The molecular weight excluding hydrogens is 283 g/mol. The molecule has 0 aliphatic carbocycles. The highest BCUT2D eigenvalue weighted by Gasteiger charge is 2.36. The van der Waals surface area contributed by atoms with Crippen LogP contribution in [0.1, 0.15) is 5.56 Å². The van der Waals surface area contributed by atoms with Crippen molar-refractivity contribution in [2.45, 2.75) is 6.18 Å². The maximum Gasteiger partial charge on any atom is 0.423 e. The standard InChI is InChI=1S/C11H6F3NO5/c1-19-9-5-4-6(11(12,13)14)10(16)20-8(5)3-2-7(9)15(17)18/h2-4H,1H3. The monoisotopic (exact) mass is 289 g/mol. The van der Waals surface area contributed by atoms with Gasteiger partial charge < -0.3 is 9.15 Å². The molecule has 106 valence electrons. The van der Waals surface area contributed by atoms with E-state index in [-0.39, 0.29) is 11.0 Å². The molecule has 0 unspecified atom stereocenters. The zero-order valence-corrected chi connectivity index (χ0v) is 9.85. The first-order valence-corrected chi connectivity index (χ1v) is 5.12. The number of hydrogen-bond acceptors (Lipinski definition) is 5. The molecule has 0 spiro atoms. The van der Waals surface area contributed by atoms with Crippen LogP contribution in [0.5, 0.6) is 5.75 Å². The number of nitro benzene ring substituents is 1. The highest BCUT2D eigenvalue weighted by Crippen LogP contribution is 2.37. The second-order valence-electron chi connectivity index (χ2n) is 3.73. The summed E-state index contributed by atoms with van der Waals surface area (Å²) in [6.07, 6.45) is -4.93. The van der Waals surface area contributed by atoms with E-state index in [2.05, 4.69) is 4.42 Å². The van der Waals surface area contributed by atoms with E-state index in [1.54, 1.807) is 0 Å². The maximum atomic E-state index is 12.6. The van der Waals surface area contributed by atoms with Gasteiger partial charge in [0.2, 0.25) is 5.75 Å². The van der Waals surface area contributed by atoms with E-state index >= 15 is 0 Å². The van der Waals surface area contributed by atoms with Crippen molar-refractivity contribution in [2.75, 3.05) is 7.11 Å². The van der Waals surface area contributed by atoms with Crippen LogP contribution in [0.15, 0.2) is 27.4 Å². The quantitative estimate of drug-likeness (QED) is 0.482. The van der Waals surface area contributed by atoms with Crippen molar-refractivity contribution in [1.29, 1.82) is 0 Å². The van der Waals surface area contributed by atoms with Crippen LogP contribution in [-0.2, 0) is 6.18 Å². The van der Waals surface area contributed by atoms with Crippen molar-refractivity contribution >= 4 is 16.7 Å². The molecule has 0 amide bonds. The van der Waals surface area contributed by atoms with Crippen LogP contribution >= 0.6 is 0 Å². The van der Waals surface area contributed by atoms with Gasteiger partial charge in [-0.05, 0) is 12.1 Å². The Bertz CT molecular complexity index is 750. The molecular formula is C11H6F3NO5. The lowest BCUT2D eigenvalue weighted by atomic mass is 10.1. The summed E-state index contributed by atoms with van der Waals surface area (Å²) < 4.78 is 47.2. The molecule has 0 atom stereocenters. The average molecular weight is 289 g/mol. The molecule has 0 radical (unpaired) electrons. The number of halogens is 3. The first kappa shape index (κ1) is 13.8. The fourth-order valence-electron chi connectivity index (χ4n) is 1.71. The third-order valence-electron chi connectivity index (χ3n) is 2.55. The third-order valence-corrected chi connectivity index (χ3v) is 2.55. The fourth-order valence-corrected chi connectivity index (χ4v) is 1.71. The van der Waals surface area contributed by atoms with Gasteiger partial charge in [-0.1, -0.05) is 0 Å². The van der Waals surface area contributed by atoms with Crippen molar-refractivity contribution in [3.8, 4) is 5.75 Å². The van der Waals surface area contributed by atoms with E-state index in [4.69, 9.17) is 4.74 Å². The number of alkyl halides is 3. The SMILES string of the molecule is COc1c([N+](=O)[O-])ccc2oc(=O)c(C(F)(F)F)cc12. The van der Waals surface area contributed by atoms with Gasteiger partial charge in [0.1, 0.15) is 11.1 Å². The Kier molecular flexibility index (Phi) is 3.12. The zero-order valence-electron chi connectivity index (χ0n) is 9.85. The van der Waals surface area contributed by atoms with Gasteiger partial charge in [-0.3, -0.25) is 10.1 Å². The van der Waals surface area contributed by atoms with Crippen LogP contribution in [0, 0.1) is 10.1 Å². The van der Waals surface area contributed by atoms with E-state index in [9.17, 15) is 28.1 Å². The summed E-state index contributed by atoms with van der Waals surface area (Å²) in [7, 11) is 1.07. The highest BCUT2D eigenvalue weighted by molar-refractivity contribution is 5.88. The molecule has 0 N–H and O–H groups in total. The Balaban J connectivity index is 2.89.